The van der Waals surface area contributed by atoms with Crippen LogP contribution in [0.15, 0.2) is 0 Å². The molecular weight excluding hydrogens is 436 g/mol. The van der Waals surface area contributed by atoms with E-state index in [9.17, 15) is 0 Å². The van der Waals surface area contributed by atoms with Gasteiger partial charge in [0, 0.05) is 77.4 Å². The smallest absolute Gasteiger partial charge is 0.400 e. The normalized spacial score (nSPS) is 6.33. The van der Waals surface area contributed by atoms with Crippen LogP contribution < -0.4 is 0 Å². The van der Waals surface area contributed by atoms with Crippen molar-refractivity contribution in [2.75, 3.05) is 49.8 Å². The Balaban J connectivity index is -0.0000000189. The Morgan fingerprint density at radius 2 is 0.722 bits per heavy atom. The van der Waals surface area contributed by atoms with Crippen LogP contribution in [0.1, 0.15) is 0 Å². The van der Waals surface area contributed by atoms with Crippen molar-refractivity contribution in [3.05, 3.63) is 0 Å². The Morgan fingerprint density at radius 1 is 0.611 bits per heavy atom. The Bertz CT molecular complexity index is 65.1. The summed E-state index contributed by atoms with van der Waals surface area (Å²) in [7, 11) is 5.20. The molecule has 0 amide bonds. The molecule has 0 aliphatic rings. The van der Waals surface area contributed by atoms with Crippen LogP contribution in [0, 0.1) is 0 Å². The third-order valence-corrected chi connectivity index (χ3v) is 2.27. The molecule has 8 nitrogen and oxygen atoms in total. The predicted octanol–water partition coefficient (Wildman–Crippen LogP) is -2.12. The summed E-state index contributed by atoms with van der Waals surface area (Å²) in [6, 6.07) is 0. The first kappa shape index (κ1) is 42.8. The van der Waals surface area contributed by atoms with Crippen LogP contribution in [0.2, 0.25) is 6.55 Å². The fraction of sp³-hybridized carbons (Fsp3) is 1.00. The molecule has 18 heavy (non-hydrogen) atoms. The van der Waals surface area contributed by atoms with E-state index >= 15 is 0 Å². The molecule has 0 aliphatic carbocycles. The molecule has 0 aliphatic heterocycles. The summed E-state index contributed by atoms with van der Waals surface area (Å²) in [5.74, 6) is 0. The van der Waals surface area contributed by atoms with Crippen LogP contribution >= 0.6 is 0 Å². The van der Waals surface area contributed by atoms with E-state index in [4.69, 9.17) is 30.3 Å². The van der Waals surface area contributed by atoms with Crippen LogP contribution in [0.3, 0.4) is 0 Å². The first-order chi connectivity index (χ1) is 8.12. The Kier molecular flexibility index (Phi) is 156. The first-order valence-electron chi connectivity index (χ1n) is 4.18. The molecule has 6 N–H and O–H groups in total. The summed E-state index contributed by atoms with van der Waals surface area (Å²) in [6.07, 6.45) is 0. The summed E-state index contributed by atoms with van der Waals surface area (Å²) < 4.78 is 9.12. The van der Waals surface area contributed by atoms with E-state index < -0.39 is 8.80 Å². The minimum Gasteiger partial charge on any atom is -0.400 e. The Labute approximate surface area is 125 Å². The van der Waals surface area contributed by atoms with Crippen LogP contribution in [-0.4, -0.2) is 88.9 Å². The SMILES string of the molecule is CO.CO.CO.CO.CO.CO[Si](C)(O)OC.[W]. The van der Waals surface area contributed by atoms with Gasteiger partial charge in [-0.15, -0.1) is 0 Å². The Morgan fingerprint density at radius 3 is 0.722 bits per heavy atom. The van der Waals surface area contributed by atoms with E-state index in [-0.39, 0.29) is 21.1 Å². The van der Waals surface area contributed by atoms with Gasteiger partial charge >= 0.3 is 8.80 Å². The maximum Gasteiger partial charge on any atom is 0.494 e. The first-order valence-corrected chi connectivity index (χ1v) is 6.45. The molecule has 0 spiro atoms. The van der Waals surface area contributed by atoms with Crippen molar-refractivity contribution >= 4 is 8.80 Å². The fourth-order valence-electron chi connectivity index (χ4n) is 0.0833. The van der Waals surface area contributed by atoms with E-state index in [1.807, 2.05) is 0 Å². The fourth-order valence-corrected chi connectivity index (χ4v) is 0.250. The quantitative estimate of drug-likeness (QED) is 0.254. The second kappa shape index (κ2) is 65.6. The topological polar surface area (TPSA) is 140 Å². The minimum atomic E-state index is -2.65. The summed E-state index contributed by atoms with van der Waals surface area (Å²) >= 11 is 0. The molecule has 120 valence electrons. The molecule has 0 rings (SSSR count). The average Bonchev–Trinajstić information content (AvgIpc) is 2.49. The van der Waals surface area contributed by atoms with Crippen LogP contribution in [0.5, 0.6) is 0 Å². The maximum atomic E-state index is 8.83. The van der Waals surface area contributed by atoms with Gasteiger partial charge in [0.2, 0.25) is 0 Å². The third kappa shape index (κ3) is 92.9. The summed E-state index contributed by atoms with van der Waals surface area (Å²) in [5, 5.41) is 35.0. The molecule has 0 fully saturated rings. The molecule has 0 saturated carbocycles. The standard InChI is InChI=1S/C3H10O3Si.5CH4O.W/c1-5-7(3,4)6-2;5*1-2;/h4H,1-3H3;5*2H,1H3;. The second-order valence-electron chi connectivity index (χ2n) is 1.31. The molecule has 0 atom stereocenters. The zero-order chi connectivity index (χ0) is 15.9. The molecular formula is C8H30O8SiW. The summed E-state index contributed by atoms with van der Waals surface area (Å²) in [4.78, 5) is 8.83. The van der Waals surface area contributed by atoms with Gasteiger partial charge in [-0.05, 0) is 0 Å². The molecule has 0 aromatic carbocycles. The van der Waals surface area contributed by atoms with E-state index in [0.717, 1.165) is 35.5 Å². The van der Waals surface area contributed by atoms with E-state index in [0.29, 0.717) is 0 Å². The number of hydrogen-bond donors (Lipinski definition) is 6. The van der Waals surface area contributed by atoms with E-state index in [1.165, 1.54) is 14.2 Å². The van der Waals surface area contributed by atoms with Crippen LogP contribution in [-0.2, 0) is 29.9 Å². The number of aliphatic hydroxyl groups is 5. The largest absolute Gasteiger partial charge is 0.494 e. The maximum absolute atomic E-state index is 8.83. The van der Waals surface area contributed by atoms with Gasteiger partial charge in [-0.3, -0.25) is 0 Å². The molecule has 10 heteroatoms. The molecule has 0 heterocycles. The zero-order valence-corrected chi connectivity index (χ0v) is 16.3. The van der Waals surface area contributed by atoms with Crippen molar-refractivity contribution in [2.45, 2.75) is 6.55 Å². The monoisotopic (exact) mass is 466 g/mol. The molecule has 0 saturated heterocycles. The zero-order valence-electron chi connectivity index (χ0n) is 12.4. The third-order valence-electron chi connectivity index (χ3n) is 0.757. The predicted molar refractivity (Wildman–Crippen MR) is 68.6 cm³/mol. The number of aliphatic hydroxyl groups excluding tert-OH is 5. The van der Waals surface area contributed by atoms with Crippen molar-refractivity contribution in [1.29, 1.82) is 0 Å². The van der Waals surface area contributed by atoms with Crippen molar-refractivity contribution in [3.63, 3.8) is 0 Å². The van der Waals surface area contributed by atoms with Crippen molar-refractivity contribution < 1.29 is 60.2 Å². The Hall–Kier alpha value is 0.585. The minimum absolute atomic E-state index is 0. The average molecular weight is 466 g/mol. The van der Waals surface area contributed by atoms with Crippen molar-refractivity contribution in [1.82, 2.24) is 0 Å². The van der Waals surface area contributed by atoms with Crippen LogP contribution in [0.4, 0.5) is 0 Å². The van der Waals surface area contributed by atoms with Crippen molar-refractivity contribution in [2.24, 2.45) is 0 Å². The van der Waals surface area contributed by atoms with Gasteiger partial charge in [0.15, 0.2) is 0 Å². The van der Waals surface area contributed by atoms with Gasteiger partial charge in [0.25, 0.3) is 0 Å². The summed E-state index contributed by atoms with van der Waals surface area (Å²) in [6.45, 7) is 1.55. The summed E-state index contributed by atoms with van der Waals surface area (Å²) in [5.41, 5.74) is 0. The van der Waals surface area contributed by atoms with E-state index in [2.05, 4.69) is 8.85 Å². The van der Waals surface area contributed by atoms with Gasteiger partial charge in [0.1, 0.15) is 0 Å². The molecule has 0 bridgehead atoms. The van der Waals surface area contributed by atoms with Gasteiger partial charge in [-0.1, -0.05) is 0 Å². The second-order valence-corrected chi connectivity index (χ2v) is 3.92. The van der Waals surface area contributed by atoms with Crippen molar-refractivity contribution in [3.8, 4) is 0 Å². The molecule has 0 aromatic rings. The number of rotatable bonds is 2. The van der Waals surface area contributed by atoms with Crippen LogP contribution in [0.25, 0.3) is 0 Å². The molecule has 0 unspecified atom stereocenters. The number of hydrogen-bond acceptors (Lipinski definition) is 8. The molecule has 0 aromatic heterocycles. The van der Waals surface area contributed by atoms with E-state index in [1.54, 1.807) is 6.55 Å². The molecule has 0 radical (unpaired) electrons. The van der Waals surface area contributed by atoms with Gasteiger partial charge in [-0.25, -0.2) is 0 Å². The van der Waals surface area contributed by atoms with Gasteiger partial charge in [0.05, 0.1) is 0 Å². The van der Waals surface area contributed by atoms with Gasteiger partial charge < -0.3 is 39.2 Å². The van der Waals surface area contributed by atoms with Gasteiger partial charge in [-0.2, -0.15) is 0 Å².